The molecule has 0 saturated carbocycles. The summed E-state index contributed by atoms with van der Waals surface area (Å²) in [5, 5.41) is 0. The Bertz CT molecular complexity index is 709. The van der Waals surface area contributed by atoms with Crippen molar-refractivity contribution in [3.63, 3.8) is 0 Å². The number of nitrogens with two attached hydrogens (primary N) is 1. The Morgan fingerprint density at radius 3 is 2.38 bits per heavy atom. The van der Waals surface area contributed by atoms with Gasteiger partial charge in [-0.15, -0.1) is 0 Å². The van der Waals surface area contributed by atoms with Gasteiger partial charge in [0.15, 0.2) is 6.10 Å². The molecule has 1 aromatic rings. The van der Waals surface area contributed by atoms with Gasteiger partial charge in [0.2, 0.25) is 10.0 Å². The van der Waals surface area contributed by atoms with Gasteiger partial charge >= 0.3 is 5.97 Å². The summed E-state index contributed by atoms with van der Waals surface area (Å²) in [5.41, 5.74) is 5.12. The highest BCUT2D eigenvalue weighted by Crippen LogP contribution is 2.21. The van der Waals surface area contributed by atoms with Crippen LogP contribution in [0, 0.1) is 0 Å². The van der Waals surface area contributed by atoms with Gasteiger partial charge in [-0.2, -0.15) is 4.31 Å². The van der Waals surface area contributed by atoms with Crippen LogP contribution in [0.5, 0.6) is 0 Å². The first kappa shape index (κ1) is 18.4. The first-order valence-electron chi connectivity index (χ1n) is 7.93. The predicted octanol–water partition coefficient (Wildman–Crippen LogP) is 1.28. The Labute approximate surface area is 141 Å². The fourth-order valence-electron chi connectivity index (χ4n) is 2.50. The number of sulfonamides is 1. The Hall–Kier alpha value is -1.93. The average Bonchev–Trinajstić information content (AvgIpc) is 2.84. The van der Waals surface area contributed by atoms with Gasteiger partial charge in [-0.3, -0.25) is 4.79 Å². The third-order valence-corrected chi connectivity index (χ3v) is 5.85. The highest BCUT2D eigenvalue weighted by molar-refractivity contribution is 7.89. The van der Waals surface area contributed by atoms with Crippen LogP contribution in [0.2, 0.25) is 0 Å². The standard InChI is InChI=1S/C16H22N2O5S/c1-12(15(17)19)23-16(20)13-7-6-8-14(11-13)24(21,22)18-9-4-2-3-5-10-18/h6-8,11-12H,2-5,9-10H2,1H3,(H2,17,19)/t12-/m1/s1. The molecule has 0 radical (unpaired) electrons. The SMILES string of the molecule is C[C@@H](OC(=O)c1cccc(S(=O)(=O)N2CCCCCC2)c1)C(N)=O. The Kier molecular flexibility index (Phi) is 5.95. The fraction of sp³-hybridized carbons (Fsp3) is 0.500. The van der Waals surface area contributed by atoms with E-state index in [2.05, 4.69) is 0 Å². The summed E-state index contributed by atoms with van der Waals surface area (Å²) in [6.07, 6.45) is 2.62. The van der Waals surface area contributed by atoms with Gasteiger partial charge in [-0.05, 0) is 38.0 Å². The predicted molar refractivity (Wildman–Crippen MR) is 87.7 cm³/mol. The molecule has 0 bridgehead atoms. The van der Waals surface area contributed by atoms with Crippen LogP contribution in [0.1, 0.15) is 43.0 Å². The molecule has 1 aliphatic rings. The Morgan fingerprint density at radius 2 is 1.79 bits per heavy atom. The minimum Gasteiger partial charge on any atom is -0.449 e. The summed E-state index contributed by atoms with van der Waals surface area (Å²) in [4.78, 5) is 23.1. The van der Waals surface area contributed by atoms with Gasteiger partial charge in [0, 0.05) is 13.1 Å². The largest absolute Gasteiger partial charge is 0.449 e. The number of esters is 1. The van der Waals surface area contributed by atoms with E-state index < -0.39 is 28.0 Å². The second kappa shape index (κ2) is 7.76. The summed E-state index contributed by atoms with van der Waals surface area (Å²) >= 11 is 0. The van der Waals surface area contributed by atoms with E-state index in [9.17, 15) is 18.0 Å². The summed E-state index contributed by atoms with van der Waals surface area (Å²) < 4.78 is 31.9. The van der Waals surface area contributed by atoms with Crippen molar-refractivity contribution in [1.29, 1.82) is 0 Å². The Balaban J connectivity index is 2.22. The van der Waals surface area contributed by atoms with E-state index in [1.165, 1.54) is 35.5 Å². The number of hydrogen-bond acceptors (Lipinski definition) is 5. The maximum absolute atomic E-state index is 12.7. The van der Waals surface area contributed by atoms with Gasteiger partial charge in [0.1, 0.15) is 0 Å². The van der Waals surface area contributed by atoms with Crippen molar-refractivity contribution in [1.82, 2.24) is 4.31 Å². The molecule has 0 spiro atoms. The molecule has 24 heavy (non-hydrogen) atoms. The second-order valence-electron chi connectivity index (χ2n) is 5.80. The fourth-order valence-corrected chi connectivity index (χ4v) is 4.06. The molecule has 1 fully saturated rings. The minimum atomic E-state index is -3.65. The molecule has 1 heterocycles. The zero-order chi connectivity index (χ0) is 17.7. The summed E-state index contributed by atoms with van der Waals surface area (Å²) in [7, 11) is -3.65. The number of rotatable bonds is 5. The monoisotopic (exact) mass is 354 g/mol. The minimum absolute atomic E-state index is 0.0468. The van der Waals surface area contributed by atoms with Gasteiger partial charge in [0.05, 0.1) is 10.5 Å². The van der Waals surface area contributed by atoms with Crippen LogP contribution in [0.25, 0.3) is 0 Å². The quantitative estimate of drug-likeness (QED) is 0.802. The first-order chi connectivity index (χ1) is 11.3. The van der Waals surface area contributed by atoms with E-state index in [0.717, 1.165) is 25.7 Å². The van der Waals surface area contributed by atoms with Crippen molar-refractivity contribution in [2.45, 2.75) is 43.6 Å². The van der Waals surface area contributed by atoms with Crippen molar-refractivity contribution in [2.75, 3.05) is 13.1 Å². The number of ether oxygens (including phenoxy) is 1. The molecule has 1 amide bonds. The van der Waals surface area contributed by atoms with Gasteiger partial charge in [-0.1, -0.05) is 18.9 Å². The van der Waals surface area contributed by atoms with Crippen molar-refractivity contribution in [3.8, 4) is 0 Å². The molecule has 1 aromatic carbocycles. The normalized spacial score (nSPS) is 17.7. The number of benzene rings is 1. The van der Waals surface area contributed by atoms with Crippen LogP contribution in [-0.2, 0) is 19.6 Å². The molecular weight excluding hydrogens is 332 g/mol. The average molecular weight is 354 g/mol. The zero-order valence-electron chi connectivity index (χ0n) is 13.6. The van der Waals surface area contributed by atoms with Crippen LogP contribution >= 0.6 is 0 Å². The summed E-state index contributed by atoms with van der Waals surface area (Å²) in [5.74, 6) is -1.55. The Morgan fingerprint density at radius 1 is 1.17 bits per heavy atom. The van der Waals surface area contributed by atoms with Crippen molar-refractivity contribution in [2.24, 2.45) is 5.73 Å². The lowest BCUT2D eigenvalue weighted by Crippen LogP contribution is -2.32. The smallest absolute Gasteiger partial charge is 0.338 e. The molecule has 1 aliphatic heterocycles. The van der Waals surface area contributed by atoms with Gasteiger partial charge in [-0.25, -0.2) is 13.2 Å². The molecule has 2 rings (SSSR count). The summed E-state index contributed by atoms with van der Waals surface area (Å²) in [6.45, 7) is 2.32. The van der Waals surface area contributed by atoms with Crippen molar-refractivity contribution in [3.05, 3.63) is 29.8 Å². The number of primary amides is 1. The number of carbonyl (C=O) groups is 2. The number of amides is 1. The zero-order valence-corrected chi connectivity index (χ0v) is 14.4. The van der Waals surface area contributed by atoms with E-state index in [0.29, 0.717) is 13.1 Å². The molecule has 7 nitrogen and oxygen atoms in total. The second-order valence-corrected chi connectivity index (χ2v) is 7.73. The van der Waals surface area contributed by atoms with Gasteiger partial charge in [0.25, 0.3) is 5.91 Å². The lowest BCUT2D eigenvalue weighted by Gasteiger charge is -2.20. The van der Waals surface area contributed by atoms with Crippen LogP contribution in [0.3, 0.4) is 0 Å². The first-order valence-corrected chi connectivity index (χ1v) is 9.37. The third-order valence-electron chi connectivity index (χ3n) is 3.96. The van der Waals surface area contributed by atoms with Crippen molar-refractivity contribution >= 4 is 21.9 Å². The molecule has 8 heteroatoms. The summed E-state index contributed by atoms with van der Waals surface area (Å²) in [6, 6.07) is 5.65. The number of nitrogens with zero attached hydrogens (tertiary/aromatic N) is 1. The highest BCUT2D eigenvalue weighted by atomic mass is 32.2. The highest BCUT2D eigenvalue weighted by Gasteiger charge is 2.26. The lowest BCUT2D eigenvalue weighted by atomic mass is 10.2. The molecule has 0 aliphatic carbocycles. The van der Waals surface area contributed by atoms with Crippen LogP contribution in [0.4, 0.5) is 0 Å². The van der Waals surface area contributed by atoms with Crippen molar-refractivity contribution < 1.29 is 22.7 Å². The number of hydrogen-bond donors (Lipinski definition) is 1. The van der Waals surface area contributed by atoms with Crippen LogP contribution < -0.4 is 5.73 Å². The van der Waals surface area contributed by atoms with Crippen LogP contribution in [0.15, 0.2) is 29.2 Å². The number of carbonyl (C=O) groups excluding carboxylic acids is 2. The lowest BCUT2D eigenvalue weighted by molar-refractivity contribution is -0.125. The maximum atomic E-state index is 12.7. The van der Waals surface area contributed by atoms with E-state index >= 15 is 0 Å². The molecule has 1 atom stereocenters. The molecule has 132 valence electrons. The van der Waals surface area contributed by atoms with E-state index in [4.69, 9.17) is 10.5 Å². The molecule has 2 N–H and O–H groups in total. The molecule has 0 unspecified atom stereocenters. The van der Waals surface area contributed by atoms with Crippen LogP contribution in [-0.4, -0.2) is 43.8 Å². The molecular formula is C16H22N2O5S. The molecule has 0 aromatic heterocycles. The topological polar surface area (TPSA) is 107 Å². The van der Waals surface area contributed by atoms with E-state index in [-0.39, 0.29) is 10.5 Å². The maximum Gasteiger partial charge on any atom is 0.338 e. The van der Waals surface area contributed by atoms with Gasteiger partial charge < -0.3 is 10.5 Å². The van der Waals surface area contributed by atoms with E-state index in [1.807, 2.05) is 0 Å². The molecule has 1 saturated heterocycles. The third kappa shape index (κ3) is 4.33. The van der Waals surface area contributed by atoms with E-state index in [1.54, 1.807) is 0 Å².